The van der Waals surface area contributed by atoms with Crippen molar-refractivity contribution in [2.45, 2.75) is 0 Å². The number of methoxy groups -OCH3 is 1. The Hall–Kier alpha value is -2.28. The van der Waals surface area contributed by atoms with E-state index in [0.29, 0.717) is 16.2 Å². The highest BCUT2D eigenvalue weighted by Crippen LogP contribution is 2.33. The number of carboxylic acid groups (broad SMARTS) is 1. The van der Waals surface area contributed by atoms with E-state index in [0.717, 1.165) is 11.8 Å². The fourth-order valence-electron chi connectivity index (χ4n) is 1.70. The molecule has 6 nitrogen and oxygen atoms in total. The summed E-state index contributed by atoms with van der Waals surface area (Å²) in [5.41, 5.74) is 0.649. The zero-order valence-corrected chi connectivity index (χ0v) is 11.3. The van der Waals surface area contributed by atoms with Crippen LogP contribution in [-0.2, 0) is 9.59 Å². The maximum atomic E-state index is 12.0. The van der Waals surface area contributed by atoms with Gasteiger partial charge in [-0.1, -0.05) is 18.2 Å². The van der Waals surface area contributed by atoms with Gasteiger partial charge in [-0.15, -0.1) is 0 Å². The van der Waals surface area contributed by atoms with E-state index >= 15 is 0 Å². The molecule has 7 heteroatoms. The fraction of sp³-hybridized carbons (Fsp3) is 0.154. The van der Waals surface area contributed by atoms with E-state index in [9.17, 15) is 14.4 Å². The van der Waals surface area contributed by atoms with Crippen LogP contribution in [0, 0.1) is 0 Å². The van der Waals surface area contributed by atoms with Gasteiger partial charge >= 0.3 is 5.97 Å². The SMILES string of the molecule is COc1ccccc1/C=C1/SC(=O)N(CC(=O)O)C1=O. The van der Waals surface area contributed by atoms with E-state index in [-0.39, 0.29) is 4.91 Å². The first-order valence-electron chi connectivity index (χ1n) is 5.63. The van der Waals surface area contributed by atoms with Crippen LogP contribution < -0.4 is 4.74 Å². The molecule has 0 atom stereocenters. The lowest BCUT2D eigenvalue weighted by atomic mass is 10.2. The fourth-order valence-corrected chi connectivity index (χ4v) is 2.53. The Balaban J connectivity index is 2.30. The molecule has 1 aromatic carbocycles. The average molecular weight is 293 g/mol. The normalized spacial score (nSPS) is 16.9. The molecule has 0 spiro atoms. The zero-order valence-electron chi connectivity index (χ0n) is 10.5. The van der Waals surface area contributed by atoms with Crippen molar-refractivity contribution in [1.82, 2.24) is 4.90 Å². The molecule has 0 aromatic heterocycles. The van der Waals surface area contributed by atoms with Crippen molar-refractivity contribution in [3.05, 3.63) is 34.7 Å². The van der Waals surface area contributed by atoms with Crippen LogP contribution in [0.3, 0.4) is 0 Å². The molecule has 1 heterocycles. The third kappa shape index (κ3) is 2.83. The lowest BCUT2D eigenvalue weighted by molar-refractivity contribution is -0.140. The molecule has 0 aliphatic carbocycles. The monoisotopic (exact) mass is 293 g/mol. The number of carbonyl (C=O) groups is 3. The lowest BCUT2D eigenvalue weighted by Crippen LogP contribution is -2.33. The molecule has 2 rings (SSSR count). The van der Waals surface area contributed by atoms with Gasteiger partial charge in [0.15, 0.2) is 0 Å². The molecular formula is C13H11NO5S. The Bertz CT molecular complexity index is 611. The Morgan fingerprint density at radius 3 is 2.75 bits per heavy atom. The molecular weight excluding hydrogens is 282 g/mol. The van der Waals surface area contributed by atoms with E-state index < -0.39 is 23.7 Å². The number of benzene rings is 1. The van der Waals surface area contributed by atoms with E-state index in [2.05, 4.69) is 0 Å². The first-order chi connectivity index (χ1) is 9.52. The van der Waals surface area contributed by atoms with Gasteiger partial charge in [0, 0.05) is 5.56 Å². The summed E-state index contributed by atoms with van der Waals surface area (Å²) in [4.78, 5) is 35.1. The van der Waals surface area contributed by atoms with E-state index in [1.807, 2.05) is 0 Å². The maximum absolute atomic E-state index is 12.0. The quantitative estimate of drug-likeness (QED) is 0.852. The minimum absolute atomic E-state index is 0.181. The number of imide groups is 1. The highest BCUT2D eigenvalue weighted by molar-refractivity contribution is 8.18. The molecule has 20 heavy (non-hydrogen) atoms. The van der Waals surface area contributed by atoms with Crippen molar-refractivity contribution in [2.24, 2.45) is 0 Å². The van der Waals surface area contributed by atoms with Gasteiger partial charge < -0.3 is 9.84 Å². The molecule has 2 amide bonds. The predicted molar refractivity (Wildman–Crippen MR) is 73.3 cm³/mol. The minimum atomic E-state index is -1.23. The first-order valence-corrected chi connectivity index (χ1v) is 6.44. The number of para-hydroxylation sites is 1. The molecule has 1 N–H and O–H groups in total. The van der Waals surface area contributed by atoms with Gasteiger partial charge in [0.05, 0.1) is 12.0 Å². The third-order valence-corrected chi connectivity index (χ3v) is 3.50. The number of amides is 2. The van der Waals surface area contributed by atoms with Gasteiger partial charge in [0.2, 0.25) is 0 Å². The molecule has 1 aromatic rings. The second-order valence-electron chi connectivity index (χ2n) is 3.90. The van der Waals surface area contributed by atoms with Gasteiger partial charge in [-0.05, 0) is 23.9 Å². The predicted octanol–water partition coefficient (Wildman–Crippen LogP) is 1.82. The second-order valence-corrected chi connectivity index (χ2v) is 4.90. The van der Waals surface area contributed by atoms with E-state index in [1.54, 1.807) is 24.3 Å². The Kier molecular flexibility index (Phi) is 4.09. The number of hydrogen-bond donors (Lipinski definition) is 1. The smallest absolute Gasteiger partial charge is 0.323 e. The van der Waals surface area contributed by atoms with Gasteiger partial charge in [0.25, 0.3) is 11.1 Å². The van der Waals surface area contributed by atoms with Crippen molar-refractivity contribution in [3.8, 4) is 5.75 Å². The van der Waals surface area contributed by atoms with Crippen LogP contribution in [0.15, 0.2) is 29.2 Å². The Morgan fingerprint density at radius 1 is 1.40 bits per heavy atom. The van der Waals surface area contributed by atoms with Crippen LogP contribution in [0.2, 0.25) is 0 Å². The third-order valence-electron chi connectivity index (χ3n) is 2.59. The summed E-state index contributed by atoms with van der Waals surface area (Å²) in [6.45, 7) is -0.631. The molecule has 1 aliphatic rings. The summed E-state index contributed by atoms with van der Waals surface area (Å²) in [5, 5.41) is 8.09. The molecule has 0 saturated carbocycles. The number of aliphatic carboxylic acids is 1. The zero-order chi connectivity index (χ0) is 14.7. The molecule has 1 saturated heterocycles. The lowest BCUT2D eigenvalue weighted by Gasteiger charge is -2.08. The molecule has 0 unspecified atom stereocenters. The number of hydrogen-bond acceptors (Lipinski definition) is 5. The topological polar surface area (TPSA) is 83.9 Å². The number of rotatable bonds is 4. The standard InChI is InChI=1S/C13H11NO5S/c1-19-9-5-3-2-4-8(9)6-10-12(17)14(7-11(15)16)13(18)20-10/h2-6H,7H2,1H3,(H,15,16)/b10-6+. The number of thioether (sulfide) groups is 1. The maximum Gasteiger partial charge on any atom is 0.323 e. The summed E-state index contributed by atoms with van der Waals surface area (Å²) in [7, 11) is 1.50. The highest BCUT2D eigenvalue weighted by atomic mass is 32.2. The minimum Gasteiger partial charge on any atom is -0.496 e. The van der Waals surface area contributed by atoms with Crippen LogP contribution >= 0.6 is 11.8 Å². The summed E-state index contributed by atoms with van der Waals surface area (Å²) in [6.07, 6.45) is 1.52. The number of carboxylic acids is 1. The second kappa shape index (κ2) is 5.79. The number of ether oxygens (including phenoxy) is 1. The van der Waals surface area contributed by atoms with Crippen molar-refractivity contribution >= 4 is 35.0 Å². The van der Waals surface area contributed by atoms with Crippen LogP contribution in [0.4, 0.5) is 4.79 Å². The summed E-state index contributed by atoms with van der Waals surface area (Å²) < 4.78 is 5.15. The summed E-state index contributed by atoms with van der Waals surface area (Å²) >= 11 is 0.717. The van der Waals surface area contributed by atoms with Crippen LogP contribution in [-0.4, -0.2) is 40.8 Å². The van der Waals surface area contributed by atoms with Crippen molar-refractivity contribution in [1.29, 1.82) is 0 Å². The first kappa shape index (κ1) is 14.1. The van der Waals surface area contributed by atoms with E-state index in [4.69, 9.17) is 9.84 Å². The number of carbonyl (C=O) groups excluding carboxylic acids is 2. The molecule has 1 fully saturated rings. The van der Waals surface area contributed by atoms with Gasteiger partial charge in [-0.2, -0.15) is 0 Å². The molecule has 0 bridgehead atoms. The van der Waals surface area contributed by atoms with Gasteiger partial charge in [0.1, 0.15) is 12.3 Å². The van der Waals surface area contributed by atoms with Crippen LogP contribution in [0.1, 0.15) is 5.56 Å². The number of nitrogens with zero attached hydrogens (tertiary/aromatic N) is 1. The average Bonchev–Trinajstić information content (AvgIpc) is 2.67. The highest BCUT2D eigenvalue weighted by Gasteiger charge is 2.36. The van der Waals surface area contributed by atoms with Crippen molar-refractivity contribution in [3.63, 3.8) is 0 Å². The summed E-state index contributed by atoms with van der Waals surface area (Å²) in [6, 6.07) is 7.03. The Morgan fingerprint density at radius 2 is 2.10 bits per heavy atom. The Labute approximate surface area is 119 Å². The van der Waals surface area contributed by atoms with Gasteiger partial charge in [-0.25, -0.2) is 0 Å². The van der Waals surface area contributed by atoms with Crippen molar-refractivity contribution in [2.75, 3.05) is 13.7 Å². The van der Waals surface area contributed by atoms with Gasteiger partial charge in [-0.3, -0.25) is 19.3 Å². The molecule has 104 valence electrons. The molecule has 1 aliphatic heterocycles. The van der Waals surface area contributed by atoms with Crippen molar-refractivity contribution < 1.29 is 24.2 Å². The molecule has 0 radical (unpaired) electrons. The van der Waals surface area contributed by atoms with E-state index in [1.165, 1.54) is 13.2 Å². The summed E-state index contributed by atoms with van der Waals surface area (Å²) in [5.74, 6) is -1.27. The van der Waals surface area contributed by atoms with Crippen LogP contribution in [0.5, 0.6) is 5.75 Å². The van der Waals surface area contributed by atoms with Crippen LogP contribution in [0.25, 0.3) is 6.08 Å². The largest absolute Gasteiger partial charge is 0.496 e.